The molecule has 0 saturated heterocycles. The lowest BCUT2D eigenvalue weighted by molar-refractivity contribution is 0.222. The van der Waals surface area contributed by atoms with Crippen molar-refractivity contribution in [2.75, 3.05) is 6.61 Å². The average Bonchev–Trinajstić information content (AvgIpc) is 2.71. The molecule has 0 bridgehead atoms. The van der Waals surface area contributed by atoms with Gasteiger partial charge in [-0.15, -0.1) is 0 Å². The third kappa shape index (κ3) is 5.65. The molecule has 164 valence electrons. The molecule has 0 amide bonds. The van der Waals surface area contributed by atoms with E-state index in [1.165, 1.54) is 4.68 Å². The van der Waals surface area contributed by atoms with Crippen molar-refractivity contribution in [2.45, 2.75) is 46.6 Å². The molecule has 0 saturated carbocycles. The van der Waals surface area contributed by atoms with Crippen LogP contribution in [0.2, 0.25) is 0 Å². The van der Waals surface area contributed by atoms with Gasteiger partial charge in [-0.1, -0.05) is 22.9 Å². The van der Waals surface area contributed by atoms with Crippen molar-refractivity contribution in [2.24, 2.45) is 5.10 Å². The van der Waals surface area contributed by atoms with Crippen molar-refractivity contribution in [1.82, 2.24) is 9.66 Å². The van der Waals surface area contributed by atoms with Gasteiger partial charge in [0.05, 0.1) is 33.4 Å². The van der Waals surface area contributed by atoms with Gasteiger partial charge < -0.3 is 9.47 Å². The summed E-state index contributed by atoms with van der Waals surface area (Å²) in [6.45, 7) is 8.47. The van der Waals surface area contributed by atoms with E-state index in [0.29, 0.717) is 35.5 Å². The number of benzene rings is 2. The van der Waals surface area contributed by atoms with E-state index < -0.39 is 0 Å². The van der Waals surface area contributed by atoms with Gasteiger partial charge in [0.2, 0.25) is 0 Å². The molecule has 0 fully saturated rings. The van der Waals surface area contributed by atoms with Gasteiger partial charge in [-0.2, -0.15) is 9.78 Å². The zero-order valence-electron chi connectivity index (χ0n) is 18.0. The number of ether oxygens (including phenoxy) is 2. The molecule has 6 nitrogen and oxygen atoms in total. The van der Waals surface area contributed by atoms with Crippen LogP contribution in [0.15, 0.2) is 44.7 Å². The van der Waals surface area contributed by atoms with Crippen molar-refractivity contribution >= 4 is 55.6 Å². The summed E-state index contributed by atoms with van der Waals surface area (Å²) in [5, 5.41) is 5.03. The van der Waals surface area contributed by atoms with Crippen LogP contribution < -0.4 is 15.0 Å². The van der Waals surface area contributed by atoms with Crippen LogP contribution in [0.25, 0.3) is 10.9 Å². The van der Waals surface area contributed by atoms with Gasteiger partial charge in [-0.05, 0) is 85.7 Å². The first-order chi connectivity index (χ1) is 14.8. The smallest absolute Gasteiger partial charge is 0.282 e. The van der Waals surface area contributed by atoms with Crippen LogP contribution in [-0.2, 0) is 6.42 Å². The standard InChI is InChI=1S/C23H25BrIN3O3/c1-5-7-21-27-19-9-8-16(24)12-17(19)23(29)28(21)26-13-15-10-18(25)22(31-14(3)4)20(11-15)30-6-2/h8-14H,5-7H2,1-4H3. The zero-order valence-corrected chi connectivity index (χ0v) is 21.7. The van der Waals surface area contributed by atoms with E-state index in [1.807, 2.05) is 45.0 Å². The second-order valence-electron chi connectivity index (χ2n) is 7.23. The molecule has 0 aliphatic rings. The van der Waals surface area contributed by atoms with E-state index in [1.54, 1.807) is 12.3 Å². The normalized spacial score (nSPS) is 11.6. The van der Waals surface area contributed by atoms with Crippen LogP contribution in [0.5, 0.6) is 11.5 Å². The summed E-state index contributed by atoms with van der Waals surface area (Å²) in [7, 11) is 0. The number of rotatable bonds is 8. The number of halogens is 2. The molecule has 0 radical (unpaired) electrons. The average molecular weight is 598 g/mol. The predicted molar refractivity (Wildman–Crippen MR) is 137 cm³/mol. The Hall–Kier alpha value is -1.94. The summed E-state index contributed by atoms with van der Waals surface area (Å²) < 4.78 is 14.9. The molecule has 3 aromatic rings. The molecule has 0 spiro atoms. The maximum atomic E-state index is 13.2. The Balaban J connectivity index is 2.09. The largest absolute Gasteiger partial charge is 0.490 e. The Morgan fingerprint density at radius 2 is 2.03 bits per heavy atom. The van der Waals surface area contributed by atoms with Crippen LogP contribution in [-0.4, -0.2) is 28.6 Å². The Morgan fingerprint density at radius 1 is 1.26 bits per heavy atom. The monoisotopic (exact) mass is 597 g/mol. The Bertz CT molecular complexity index is 1170. The van der Waals surface area contributed by atoms with Gasteiger partial charge in [0, 0.05) is 10.9 Å². The fourth-order valence-electron chi connectivity index (χ4n) is 3.10. The van der Waals surface area contributed by atoms with Gasteiger partial charge in [0.15, 0.2) is 11.5 Å². The minimum Gasteiger partial charge on any atom is -0.490 e. The number of aromatic nitrogens is 2. The Morgan fingerprint density at radius 3 is 2.71 bits per heavy atom. The van der Waals surface area contributed by atoms with E-state index in [0.717, 1.165) is 25.8 Å². The van der Waals surface area contributed by atoms with Crippen molar-refractivity contribution < 1.29 is 9.47 Å². The van der Waals surface area contributed by atoms with Gasteiger partial charge in [-0.3, -0.25) is 4.79 Å². The van der Waals surface area contributed by atoms with Crippen molar-refractivity contribution in [3.63, 3.8) is 0 Å². The number of nitrogens with zero attached hydrogens (tertiary/aromatic N) is 3. The second-order valence-corrected chi connectivity index (χ2v) is 9.31. The lowest BCUT2D eigenvalue weighted by Crippen LogP contribution is -2.22. The van der Waals surface area contributed by atoms with Crippen molar-refractivity contribution in [3.05, 3.63) is 60.1 Å². The zero-order chi connectivity index (χ0) is 22.5. The number of hydrogen-bond donors (Lipinski definition) is 0. The lowest BCUT2D eigenvalue weighted by atomic mass is 10.2. The minimum absolute atomic E-state index is 0.0328. The van der Waals surface area contributed by atoms with Crippen LogP contribution in [0.4, 0.5) is 0 Å². The molecule has 0 atom stereocenters. The van der Waals surface area contributed by atoms with E-state index in [-0.39, 0.29) is 11.7 Å². The van der Waals surface area contributed by atoms with E-state index in [4.69, 9.17) is 9.47 Å². The fourth-order valence-corrected chi connectivity index (χ4v) is 4.21. The number of aryl methyl sites for hydroxylation is 1. The van der Waals surface area contributed by atoms with E-state index >= 15 is 0 Å². The van der Waals surface area contributed by atoms with Gasteiger partial charge in [0.25, 0.3) is 5.56 Å². The molecule has 0 N–H and O–H groups in total. The van der Waals surface area contributed by atoms with E-state index in [2.05, 4.69) is 55.5 Å². The highest BCUT2D eigenvalue weighted by atomic mass is 127. The molecular weight excluding hydrogens is 573 g/mol. The van der Waals surface area contributed by atoms with Crippen molar-refractivity contribution in [1.29, 1.82) is 0 Å². The van der Waals surface area contributed by atoms with Crippen molar-refractivity contribution in [3.8, 4) is 11.5 Å². The Labute approximate surface area is 203 Å². The summed E-state index contributed by atoms with van der Waals surface area (Å²) in [5.41, 5.74) is 1.30. The summed E-state index contributed by atoms with van der Waals surface area (Å²) >= 11 is 5.66. The summed E-state index contributed by atoms with van der Waals surface area (Å²) in [5.74, 6) is 2.01. The predicted octanol–water partition coefficient (Wildman–Crippen LogP) is 5.78. The molecule has 31 heavy (non-hydrogen) atoms. The molecular formula is C23H25BrIN3O3. The number of hydrogen-bond acceptors (Lipinski definition) is 5. The van der Waals surface area contributed by atoms with Crippen LogP contribution in [0.1, 0.15) is 45.5 Å². The van der Waals surface area contributed by atoms with Crippen LogP contribution >= 0.6 is 38.5 Å². The third-order valence-corrected chi connectivity index (χ3v) is 5.65. The number of fused-ring (bicyclic) bond motifs is 1. The van der Waals surface area contributed by atoms with Crippen LogP contribution in [0.3, 0.4) is 0 Å². The van der Waals surface area contributed by atoms with Crippen LogP contribution in [0, 0.1) is 3.57 Å². The second kappa shape index (κ2) is 10.6. The first-order valence-electron chi connectivity index (χ1n) is 10.2. The maximum absolute atomic E-state index is 13.2. The van der Waals surface area contributed by atoms with Gasteiger partial charge in [0.1, 0.15) is 5.82 Å². The minimum atomic E-state index is -0.189. The van der Waals surface area contributed by atoms with E-state index in [9.17, 15) is 4.79 Å². The molecule has 0 aliphatic heterocycles. The third-order valence-electron chi connectivity index (χ3n) is 4.36. The lowest BCUT2D eigenvalue weighted by Gasteiger charge is -2.16. The quantitative estimate of drug-likeness (QED) is 0.244. The van der Waals surface area contributed by atoms with Gasteiger partial charge >= 0.3 is 0 Å². The first-order valence-corrected chi connectivity index (χ1v) is 12.1. The maximum Gasteiger partial charge on any atom is 0.282 e. The topological polar surface area (TPSA) is 65.7 Å². The summed E-state index contributed by atoms with van der Waals surface area (Å²) in [4.78, 5) is 17.8. The fraction of sp³-hybridized carbons (Fsp3) is 0.348. The molecule has 3 rings (SSSR count). The van der Waals surface area contributed by atoms with Gasteiger partial charge in [-0.25, -0.2) is 4.98 Å². The highest BCUT2D eigenvalue weighted by Crippen LogP contribution is 2.34. The molecule has 0 unspecified atom stereocenters. The molecule has 0 aliphatic carbocycles. The summed E-state index contributed by atoms with van der Waals surface area (Å²) in [6.07, 6.45) is 3.21. The summed E-state index contributed by atoms with van der Waals surface area (Å²) in [6, 6.07) is 9.34. The molecule has 1 heterocycles. The Kier molecular flexibility index (Phi) is 8.10. The SMILES string of the molecule is CCCc1nc2ccc(Br)cc2c(=O)n1N=Cc1cc(I)c(OC(C)C)c(OCC)c1. The first kappa shape index (κ1) is 23.7. The highest BCUT2D eigenvalue weighted by Gasteiger charge is 2.14. The molecule has 2 aromatic carbocycles. The highest BCUT2D eigenvalue weighted by molar-refractivity contribution is 14.1. The molecule has 8 heteroatoms. The molecule has 1 aromatic heterocycles.